The first-order valence-electron chi connectivity index (χ1n) is 11.0. The first kappa shape index (κ1) is 22.9. The van der Waals surface area contributed by atoms with Crippen molar-refractivity contribution in [1.82, 2.24) is 24.3 Å². The van der Waals surface area contributed by atoms with Crippen LogP contribution >= 0.6 is 11.3 Å². The number of aryl methyl sites for hydroxylation is 2. The summed E-state index contributed by atoms with van der Waals surface area (Å²) in [6.45, 7) is 6.93. The molecular formula is C23H25N5O4S2. The minimum Gasteiger partial charge on any atom is -0.360 e. The zero-order chi connectivity index (χ0) is 24.0. The molecule has 1 aromatic carbocycles. The number of nitrogens with one attached hydrogen (secondary N) is 1. The Labute approximate surface area is 201 Å². The van der Waals surface area contributed by atoms with Crippen LogP contribution in [-0.2, 0) is 10.0 Å². The molecule has 1 atom stereocenters. The Balaban J connectivity index is 1.35. The fraction of sp³-hybridized carbons (Fsp3) is 0.348. The predicted molar refractivity (Wildman–Crippen MR) is 130 cm³/mol. The van der Waals surface area contributed by atoms with Crippen LogP contribution < -0.4 is 5.56 Å². The molecule has 34 heavy (non-hydrogen) atoms. The lowest BCUT2D eigenvalue weighted by atomic mass is 10.1. The van der Waals surface area contributed by atoms with Crippen molar-refractivity contribution in [3.8, 4) is 11.1 Å². The Kier molecular flexibility index (Phi) is 5.88. The molecule has 178 valence electrons. The standard InChI is InChI=1S/C23H25N5O4S2/c1-14-20(16(3)32-26-14)34(30,31)28-11-9-27(10-12-28)15(2)21-24-22(29)19-18(13-33-23(19)25-21)17-7-5-4-6-8-17/h4-8,13,15H,9-12H2,1-3H3,(H,24,25,29)/t15-/m1/s1. The molecule has 1 aliphatic rings. The molecule has 0 radical (unpaired) electrons. The number of piperazine rings is 1. The van der Waals surface area contributed by atoms with Crippen molar-refractivity contribution in [3.05, 3.63) is 63.3 Å². The average Bonchev–Trinajstić information content (AvgIpc) is 3.42. The molecule has 1 N–H and O–H groups in total. The summed E-state index contributed by atoms with van der Waals surface area (Å²) in [6, 6.07) is 9.63. The van der Waals surface area contributed by atoms with E-state index in [0.29, 0.717) is 53.7 Å². The van der Waals surface area contributed by atoms with Gasteiger partial charge in [-0.25, -0.2) is 13.4 Å². The van der Waals surface area contributed by atoms with Gasteiger partial charge in [0.2, 0.25) is 10.0 Å². The van der Waals surface area contributed by atoms with Gasteiger partial charge in [-0.1, -0.05) is 35.5 Å². The SMILES string of the molecule is Cc1noc(C)c1S(=O)(=O)N1CCN([C@H](C)c2nc3scc(-c4ccccc4)c3c(=O)[nH]2)CC1. The lowest BCUT2D eigenvalue weighted by Crippen LogP contribution is -2.49. The number of aromatic nitrogens is 3. The number of hydrogen-bond acceptors (Lipinski definition) is 8. The molecule has 0 amide bonds. The molecule has 0 aliphatic carbocycles. The van der Waals surface area contributed by atoms with Crippen molar-refractivity contribution >= 4 is 31.6 Å². The Morgan fingerprint density at radius 3 is 2.47 bits per heavy atom. The van der Waals surface area contributed by atoms with Crippen LogP contribution in [0.25, 0.3) is 21.3 Å². The molecule has 4 heterocycles. The van der Waals surface area contributed by atoms with E-state index in [4.69, 9.17) is 9.51 Å². The van der Waals surface area contributed by atoms with Crippen LogP contribution in [0.15, 0.2) is 49.9 Å². The largest absolute Gasteiger partial charge is 0.360 e. The summed E-state index contributed by atoms with van der Waals surface area (Å²) in [5, 5.41) is 6.35. The van der Waals surface area contributed by atoms with E-state index in [1.807, 2.05) is 42.6 Å². The summed E-state index contributed by atoms with van der Waals surface area (Å²) in [4.78, 5) is 23.7. The molecule has 9 nitrogen and oxygen atoms in total. The van der Waals surface area contributed by atoms with Crippen LogP contribution in [0.4, 0.5) is 0 Å². The van der Waals surface area contributed by atoms with Crippen molar-refractivity contribution in [2.45, 2.75) is 31.7 Å². The van der Waals surface area contributed by atoms with Crippen LogP contribution in [0.1, 0.15) is 30.2 Å². The third-order valence-corrected chi connectivity index (χ3v) is 9.35. The van der Waals surface area contributed by atoms with Crippen LogP contribution in [0.3, 0.4) is 0 Å². The van der Waals surface area contributed by atoms with Gasteiger partial charge in [0.25, 0.3) is 5.56 Å². The van der Waals surface area contributed by atoms with E-state index < -0.39 is 10.0 Å². The molecular weight excluding hydrogens is 474 g/mol. The second-order valence-corrected chi connectivity index (χ2v) is 11.1. The number of H-pyrrole nitrogens is 1. The third-order valence-electron chi connectivity index (χ3n) is 6.33. The molecule has 4 aromatic rings. The van der Waals surface area contributed by atoms with Gasteiger partial charge in [0.1, 0.15) is 21.2 Å². The van der Waals surface area contributed by atoms with Gasteiger partial charge in [-0.15, -0.1) is 11.3 Å². The summed E-state index contributed by atoms with van der Waals surface area (Å²) in [5.41, 5.74) is 2.07. The molecule has 1 saturated heterocycles. The quantitative estimate of drug-likeness (QED) is 0.448. The van der Waals surface area contributed by atoms with E-state index in [2.05, 4.69) is 15.0 Å². The van der Waals surface area contributed by atoms with Crippen molar-refractivity contribution in [2.24, 2.45) is 0 Å². The molecule has 1 aliphatic heterocycles. The minimum absolute atomic E-state index is 0.150. The van der Waals surface area contributed by atoms with Gasteiger partial charge in [0.15, 0.2) is 5.76 Å². The average molecular weight is 500 g/mol. The van der Waals surface area contributed by atoms with E-state index in [-0.39, 0.29) is 16.5 Å². The zero-order valence-electron chi connectivity index (χ0n) is 19.1. The van der Waals surface area contributed by atoms with Crippen molar-refractivity contribution in [2.75, 3.05) is 26.2 Å². The van der Waals surface area contributed by atoms with Gasteiger partial charge < -0.3 is 9.51 Å². The Hall–Kier alpha value is -2.86. The first-order chi connectivity index (χ1) is 16.3. The van der Waals surface area contributed by atoms with Crippen molar-refractivity contribution in [3.63, 3.8) is 0 Å². The number of rotatable bonds is 5. The fourth-order valence-electron chi connectivity index (χ4n) is 4.47. The Bertz CT molecular complexity index is 1480. The van der Waals surface area contributed by atoms with E-state index in [0.717, 1.165) is 11.1 Å². The lowest BCUT2D eigenvalue weighted by Gasteiger charge is -2.36. The number of nitrogens with zero attached hydrogens (tertiary/aromatic N) is 4. The van der Waals surface area contributed by atoms with Gasteiger partial charge in [0, 0.05) is 37.1 Å². The number of benzene rings is 1. The van der Waals surface area contributed by atoms with E-state index in [1.54, 1.807) is 13.8 Å². The van der Waals surface area contributed by atoms with Gasteiger partial charge >= 0.3 is 0 Å². The Morgan fingerprint density at radius 2 is 1.82 bits per heavy atom. The molecule has 5 rings (SSSR count). The molecule has 0 spiro atoms. The first-order valence-corrected chi connectivity index (χ1v) is 13.3. The highest BCUT2D eigenvalue weighted by molar-refractivity contribution is 7.89. The maximum Gasteiger partial charge on any atom is 0.260 e. The second-order valence-electron chi connectivity index (χ2n) is 8.42. The van der Waals surface area contributed by atoms with Crippen molar-refractivity contribution in [1.29, 1.82) is 0 Å². The molecule has 0 unspecified atom stereocenters. The summed E-state index contributed by atoms with van der Waals surface area (Å²) in [7, 11) is -3.67. The van der Waals surface area contributed by atoms with Crippen molar-refractivity contribution < 1.29 is 12.9 Å². The van der Waals surface area contributed by atoms with Gasteiger partial charge in [-0.05, 0) is 26.3 Å². The number of thiophene rings is 1. The fourth-order valence-corrected chi connectivity index (χ4v) is 7.14. The summed E-state index contributed by atoms with van der Waals surface area (Å²) >= 11 is 1.45. The van der Waals surface area contributed by atoms with E-state index in [1.165, 1.54) is 15.6 Å². The normalized spacial score (nSPS) is 16.8. The summed E-state index contributed by atoms with van der Waals surface area (Å²) < 4.78 is 32.7. The number of sulfonamides is 1. The molecule has 1 fully saturated rings. The molecule has 0 saturated carbocycles. The molecule has 11 heteroatoms. The summed E-state index contributed by atoms with van der Waals surface area (Å²) in [6.07, 6.45) is 0. The minimum atomic E-state index is -3.67. The van der Waals surface area contributed by atoms with E-state index in [9.17, 15) is 13.2 Å². The van der Waals surface area contributed by atoms with Gasteiger partial charge in [-0.2, -0.15) is 4.31 Å². The second kappa shape index (κ2) is 8.73. The third kappa shape index (κ3) is 3.88. The maximum absolute atomic E-state index is 13.1. The zero-order valence-corrected chi connectivity index (χ0v) is 20.7. The maximum atomic E-state index is 13.1. The smallest absolute Gasteiger partial charge is 0.260 e. The monoisotopic (exact) mass is 499 g/mol. The highest BCUT2D eigenvalue weighted by Crippen LogP contribution is 2.32. The van der Waals surface area contributed by atoms with Gasteiger partial charge in [-0.3, -0.25) is 9.69 Å². The number of fused-ring (bicyclic) bond motifs is 1. The number of hydrogen-bond donors (Lipinski definition) is 1. The van der Waals surface area contributed by atoms with Crippen LogP contribution in [0, 0.1) is 13.8 Å². The van der Waals surface area contributed by atoms with Gasteiger partial charge in [0.05, 0.1) is 11.4 Å². The van der Waals surface area contributed by atoms with Crippen LogP contribution in [0.2, 0.25) is 0 Å². The molecule has 3 aromatic heterocycles. The number of aromatic amines is 1. The van der Waals surface area contributed by atoms with E-state index >= 15 is 0 Å². The van der Waals surface area contributed by atoms with Crippen LogP contribution in [0.5, 0.6) is 0 Å². The molecule has 0 bridgehead atoms. The predicted octanol–water partition coefficient (Wildman–Crippen LogP) is 3.32. The lowest BCUT2D eigenvalue weighted by molar-refractivity contribution is 0.141. The topological polar surface area (TPSA) is 112 Å². The highest BCUT2D eigenvalue weighted by Gasteiger charge is 2.34. The summed E-state index contributed by atoms with van der Waals surface area (Å²) in [5.74, 6) is 0.884. The van der Waals surface area contributed by atoms with Crippen LogP contribution in [-0.4, -0.2) is 58.9 Å². The Morgan fingerprint density at radius 1 is 1.12 bits per heavy atom. The highest BCUT2D eigenvalue weighted by atomic mass is 32.2.